The lowest BCUT2D eigenvalue weighted by Gasteiger charge is -2.40. The van der Waals surface area contributed by atoms with Gasteiger partial charge in [-0.25, -0.2) is 4.79 Å². The predicted molar refractivity (Wildman–Crippen MR) is 200 cm³/mol. The fraction of sp³-hybridized carbons (Fsp3) is 0.410. The summed E-state index contributed by atoms with van der Waals surface area (Å²) >= 11 is 1.34. The summed E-state index contributed by atoms with van der Waals surface area (Å²) in [5.41, 5.74) is 0.862. The molecule has 0 amide bonds. The number of aromatic nitrogens is 2. The molecule has 0 spiro atoms. The van der Waals surface area contributed by atoms with E-state index >= 15 is 0 Å². The Morgan fingerprint density at radius 1 is 0.922 bits per heavy atom. The lowest BCUT2D eigenvalue weighted by molar-refractivity contribution is -0.0957. The molecule has 1 saturated heterocycles. The van der Waals surface area contributed by atoms with E-state index in [0.717, 1.165) is 16.7 Å². The lowest BCUT2D eigenvalue weighted by Crippen LogP contribution is -2.49. The second-order valence-electron chi connectivity index (χ2n) is 13.9. The molecule has 270 valence electrons. The summed E-state index contributed by atoms with van der Waals surface area (Å²) in [6, 6.07) is 29.2. The minimum absolute atomic E-state index is 0.0493. The van der Waals surface area contributed by atoms with E-state index in [1.54, 1.807) is 26.5 Å². The molecule has 0 radical (unpaired) electrons. The van der Waals surface area contributed by atoms with Gasteiger partial charge >= 0.3 is 5.69 Å². The standard InChI is InChI=1S/C39H47N3O7SSi/c1-38(2,3)51(6,7)49-35-34(43)32(48-36(35)42-24-22-33(41-37(42)44)50-25-11-23-40)26-47-39(27-12-9-8-10-13-27,28-14-18-30(45-4)19-15-28)29-16-20-31(46-5)21-17-29/h8-10,12-22,24,32,34-36,43H,11,25-26H2,1-7H3/t32-,34+,35+,36-/m1/s1. The molecule has 4 aromatic rings. The second-order valence-corrected chi connectivity index (χ2v) is 19.8. The topological polar surface area (TPSA) is 125 Å². The zero-order valence-electron chi connectivity index (χ0n) is 30.2. The van der Waals surface area contributed by atoms with Crippen LogP contribution in [0.5, 0.6) is 11.5 Å². The maximum absolute atomic E-state index is 13.5. The Bertz CT molecular complexity index is 1790. The van der Waals surface area contributed by atoms with Crippen molar-refractivity contribution in [1.29, 1.82) is 5.26 Å². The molecule has 1 aliphatic rings. The lowest BCUT2D eigenvalue weighted by atomic mass is 9.80. The molecule has 0 aliphatic carbocycles. The van der Waals surface area contributed by atoms with Gasteiger partial charge in [0, 0.05) is 18.4 Å². The number of benzene rings is 3. The van der Waals surface area contributed by atoms with Gasteiger partial charge in [0.15, 0.2) is 14.5 Å². The number of aliphatic hydroxyl groups is 1. The van der Waals surface area contributed by atoms with Crippen LogP contribution in [0.1, 0.15) is 50.1 Å². The minimum Gasteiger partial charge on any atom is -0.497 e. The first kappa shape index (κ1) is 38.3. The molecule has 0 saturated carbocycles. The average molecular weight is 730 g/mol. The third-order valence-electron chi connectivity index (χ3n) is 9.73. The van der Waals surface area contributed by atoms with E-state index in [2.05, 4.69) is 44.9 Å². The maximum Gasteiger partial charge on any atom is 0.350 e. The highest BCUT2D eigenvalue weighted by Crippen LogP contribution is 2.45. The normalized spacial score (nSPS) is 19.4. The fourth-order valence-electron chi connectivity index (χ4n) is 5.88. The van der Waals surface area contributed by atoms with Crippen molar-refractivity contribution in [2.75, 3.05) is 26.6 Å². The van der Waals surface area contributed by atoms with E-state index < -0.39 is 44.1 Å². The molecule has 12 heteroatoms. The van der Waals surface area contributed by atoms with E-state index in [-0.39, 0.29) is 11.6 Å². The smallest absolute Gasteiger partial charge is 0.350 e. The third kappa shape index (κ3) is 8.25. The van der Waals surface area contributed by atoms with Crippen molar-refractivity contribution < 1.29 is 28.5 Å². The van der Waals surface area contributed by atoms with E-state index in [4.69, 9.17) is 28.6 Å². The van der Waals surface area contributed by atoms with Crippen LogP contribution in [0.3, 0.4) is 0 Å². The molecule has 10 nitrogen and oxygen atoms in total. The number of ether oxygens (including phenoxy) is 4. The maximum atomic E-state index is 13.5. The largest absolute Gasteiger partial charge is 0.497 e. The highest BCUT2D eigenvalue weighted by atomic mass is 32.2. The Morgan fingerprint density at radius 2 is 1.49 bits per heavy atom. The first-order chi connectivity index (χ1) is 24.3. The molecular formula is C39H47N3O7SSi. The summed E-state index contributed by atoms with van der Waals surface area (Å²) in [7, 11) is 0.771. The number of nitrogens with zero attached hydrogens (tertiary/aromatic N) is 3. The van der Waals surface area contributed by atoms with Crippen LogP contribution in [0.25, 0.3) is 0 Å². The highest BCUT2D eigenvalue weighted by molar-refractivity contribution is 7.99. The van der Waals surface area contributed by atoms with Crippen LogP contribution in [0.2, 0.25) is 18.1 Å². The van der Waals surface area contributed by atoms with Crippen molar-refractivity contribution in [3.05, 3.63) is 118 Å². The van der Waals surface area contributed by atoms with Crippen LogP contribution < -0.4 is 15.2 Å². The number of aliphatic hydroxyl groups excluding tert-OH is 1. The third-order valence-corrected chi connectivity index (χ3v) is 15.1. The second kappa shape index (κ2) is 16.2. The number of nitriles is 1. The van der Waals surface area contributed by atoms with Crippen molar-refractivity contribution in [2.24, 2.45) is 0 Å². The number of hydrogen-bond acceptors (Lipinski definition) is 10. The minimum atomic E-state index is -2.48. The van der Waals surface area contributed by atoms with Crippen molar-refractivity contribution in [3.8, 4) is 17.6 Å². The number of methoxy groups -OCH3 is 2. The summed E-state index contributed by atoms with van der Waals surface area (Å²) in [6.45, 7) is 10.5. The summed E-state index contributed by atoms with van der Waals surface area (Å²) in [4.78, 5) is 17.7. The van der Waals surface area contributed by atoms with Crippen LogP contribution in [0.4, 0.5) is 0 Å². The van der Waals surface area contributed by atoms with Gasteiger partial charge in [-0.3, -0.25) is 4.57 Å². The Hall–Kier alpha value is -3.96. The Balaban J connectivity index is 1.56. The van der Waals surface area contributed by atoms with Gasteiger partial charge in [0.1, 0.15) is 40.4 Å². The van der Waals surface area contributed by atoms with Crippen LogP contribution in [0.15, 0.2) is 101 Å². The molecule has 1 N–H and O–H groups in total. The summed E-state index contributed by atoms with van der Waals surface area (Å²) in [5.74, 6) is 1.92. The van der Waals surface area contributed by atoms with Crippen LogP contribution in [-0.2, 0) is 19.5 Å². The van der Waals surface area contributed by atoms with Gasteiger partial charge in [-0.2, -0.15) is 10.2 Å². The summed E-state index contributed by atoms with van der Waals surface area (Å²) in [5, 5.41) is 21.3. The van der Waals surface area contributed by atoms with E-state index in [0.29, 0.717) is 28.7 Å². The van der Waals surface area contributed by atoms with Gasteiger partial charge in [0.2, 0.25) is 0 Å². The zero-order chi connectivity index (χ0) is 36.8. The van der Waals surface area contributed by atoms with Gasteiger partial charge in [-0.15, -0.1) is 11.8 Å². The van der Waals surface area contributed by atoms with Crippen molar-refractivity contribution >= 4 is 20.1 Å². The molecule has 4 atom stereocenters. The van der Waals surface area contributed by atoms with Gasteiger partial charge in [-0.05, 0) is 65.2 Å². The molecule has 51 heavy (non-hydrogen) atoms. The van der Waals surface area contributed by atoms with E-state index in [1.165, 1.54) is 16.3 Å². The van der Waals surface area contributed by atoms with Crippen molar-refractivity contribution in [3.63, 3.8) is 0 Å². The highest BCUT2D eigenvalue weighted by Gasteiger charge is 2.51. The number of rotatable bonds is 14. The molecule has 1 aromatic heterocycles. The Labute approximate surface area is 305 Å². The average Bonchev–Trinajstić information content (AvgIpc) is 3.42. The SMILES string of the molecule is COc1ccc(C(OC[C@H]2O[C@@H](n3ccc(SCCC#N)nc3=O)[C@@H](O[Si](C)(C)C(C)(C)C)[C@H]2O)(c2ccccc2)c2ccc(OC)cc2)cc1. The molecule has 0 unspecified atom stereocenters. The molecule has 1 aliphatic heterocycles. The molecule has 2 heterocycles. The number of thioether (sulfide) groups is 1. The molecule has 5 rings (SSSR count). The monoisotopic (exact) mass is 729 g/mol. The fourth-order valence-corrected chi connectivity index (χ4v) is 7.87. The quantitative estimate of drug-likeness (QED) is 0.0481. The van der Waals surface area contributed by atoms with Gasteiger partial charge in [0.25, 0.3) is 0 Å². The van der Waals surface area contributed by atoms with Gasteiger partial charge in [0.05, 0.1) is 26.9 Å². The first-order valence-electron chi connectivity index (χ1n) is 16.9. The van der Waals surface area contributed by atoms with Gasteiger partial charge in [-0.1, -0.05) is 75.4 Å². The molecule has 3 aromatic carbocycles. The van der Waals surface area contributed by atoms with Crippen LogP contribution >= 0.6 is 11.8 Å². The first-order valence-corrected chi connectivity index (χ1v) is 20.8. The Kier molecular flexibility index (Phi) is 12.1. The van der Waals surface area contributed by atoms with E-state index in [1.807, 2.05) is 78.9 Å². The van der Waals surface area contributed by atoms with Crippen molar-refractivity contribution in [1.82, 2.24) is 9.55 Å². The molecule has 0 bridgehead atoms. The molecular weight excluding hydrogens is 683 g/mol. The predicted octanol–water partition coefficient (Wildman–Crippen LogP) is 6.92. The van der Waals surface area contributed by atoms with E-state index in [9.17, 15) is 9.90 Å². The summed E-state index contributed by atoms with van der Waals surface area (Å²) in [6.07, 6.45) is -1.88. The van der Waals surface area contributed by atoms with Crippen LogP contribution in [0, 0.1) is 11.3 Å². The van der Waals surface area contributed by atoms with Crippen LogP contribution in [-0.4, -0.2) is 67.9 Å². The summed E-state index contributed by atoms with van der Waals surface area (Å²) < 4.78 is 32.8. The van der Waals surface area contributed by atoms with Crippen molar-refractivity contribution in [2.45, 2.75) is 80.5 Å². The number of hydrogen-bond donors (Lipinski definition) is 1. The van der Waals surface area contributed by atoms with Gasteiger partial charge < -0.3 is 28.5 Å². The zero-order valence-corrected chi connectivity index (χ0v) is 32.1. The molecule has 1 fully saturated rings. The Morgan fingerprint density at radius 3 is 2.00 bits per heavy atom.